The maximum atomic E-state index is 13.6. The highest BCUT2D eigenvalue weighted by Crippen LogP contribution is 2.17. The van der Waals surface area contributed by atoms with Crippen molar-refractivity contribution in [1.29, 1.82) is 0 Å². The van der Waals surface area contributed by atoms with E-state index in [2.05, 4.69) is 10.0 Å². The van der Waals surface area contributed by atoms with E-state index in [0.717, 1.165) is 18.2 Å². The van der Waals surface area contributed by atoms with Gasteiger partial charge in [0.25, 0.3) is 0 Å². The minimum atomic E-state index is -3.98. The molecule has 6 nitrogen and oxygen atoms in total. The molecule has 26 heavy (non-hydrogen) atoms. The summed E-state index contributed by atoms with van der Waals surface area (Å²) in [5.74, 6) is -1.88. The van der Waals surface area contributed by atoms with Crippen LogP contribution >= 0.6 is 0 Å². The number of hydrogen-bond donors (Lipinski definition) is 2. The minimum absolute atomic E-state index is 0.0578. The molecule has 2 rings (SSSR count). The summed E-state index contributed by atoms with van der Waals surface area (Å²) in [5, 5.41) is 2.15. The minimum Gasteiger partial charge on any atom is -0.494 e. The Morgan fingerprint density at radius 2 is 1.81 bits per heavy atom. The second-order valence-electron chi connectivity index (χ2n) is 5.36. The first-order valence-electron chi connectivity index (χ1n) is 7.74. The molecule has 0 heterocycles. The molecule has 0 aromatic heterocycles. The molecule has 0 saturated carbocycles. The lowest BCUT2D eigenvalue weighted by Crippen LogP contribution is -2.41. The number of hydrogen-bond acceptors (Lipinski definition) is 4. The van der Waals surface area contributed by atoms with Gasteiger partial charge < -0.3 is 10.1 Å². The molecular formula is C17H18F2N2O4S. The summed E-state index contributed by atoms with van der Waals surface area (Å²) < 4.78 is 58.8. The molecule has 140 valence electrons. The average Bonchev–Trinajstić information content (AvgIpc) is 2.58. The lowest BCUT2D eigenvalue weighted by molar-refractivity contribution is -0.117. The Hall–Kier alpha value is -2.52. The van der Waals surface area contributed by atoms with Crippen LogP contribution in [-0.2, 0) is 14.8 Å². The van der Waals surface area contributed by atoms with E-state index >= 15 is 0 Å². The SMILES string of the molecule is CCOc1ccc(S(=O)(=O)N[C@H](C)C(=O)Nc2cc(F)ccc2F)cc1. The lowest BCUT2D eigenvalue weighted by atomic mass is 10.2. The topological polar surface area (TPSA) is 84.5 Å². The van der Waals surface area contributed by atoms with Crippen molar-refractivity contribution in [1.82, 2.24) is 4.72 Å². The van der Waals surface area contributed by atoms with Gasteiger partial charge in [0.2, 0.25) is 15.9 Å². The second kappa shape index (κ2) is 8.24. The fraction of sp³-hybridized carbons (Fsp3) is 0.235. The summed E-state index contributed by atoms with van der Waals surface area (Å²) in [6.07, 6.45) is 0. The van der Waals surface area contributed by atoms with Crippen molar-refractivity contribution < 1.29 is 26.7 Å². The molecule has 9 heteroatoms. The van der Waals surface area contributed by atoms with Crippen molar-refractivity contribution in [2.75, 3.05) is 11.9 Å². The van der Waals surface area contributed by atoms with Gasteiger partial charge in [-0.05, 0) is 50.2 Å². The highest BCUT2D eigenvalue weighted by molar-refractivity contribution is 7.89. The van der Waals surface area contributed by atoms with E-state index in [1.807, 2.05) is 0 Å². The van der Waals surface area contributed by atoms with Crippen LogP contribution in [0.15, 0.2) is 47.4 Å². The summed E-state index contributed by atoms with van der Waals surface area (Å²) >= 11 is 0. The largest absolute Gasteiger partial charge is 0.494 e. The van der Waals surface area contributed by atoms with Gasteiger partial charge in [-0.1, -0.05) is 0 Å². The van der Waals surface area contributed by atoms with E-state index < -0.39 is 33.6 Å². The van der Waals surface area contributed by atoms with Gasteiger partial charge in [0.15, 0.2) is 0 Å². The van der Waals surface area contributed by atoms with E-state index in [-0.39, 0.29) is 10.6 Å². The molecule has 0 aliphatic rings. The van der Waals surface area contributed by atoms with E-state index in [0.29, 0.717) is 12.4 Å². The molecule has 0 spiro atoms. The standard InChI is InChI=1S/C17H18F2N2O4S/c1-3-25-13-5-7-14(8-6-13)26(23,24)21-11(2)17(22)20-16-10-12(18)4-9-15(16)19/h4-11,21H,3H2,1-2H3,(H,20,22)/t11-/m1/s1. The predicted octanol–water partition coefficient (Wildman–Crippen LogP) is 2.67. The van der Waals surface area contributed by atoms with Crippen molar-refractivity contribution in [2.45, 2.75) is 24.8 Å². The van der Waals surface area contributed by atoms with Gasteiger partial charge in [0.1, 0.15) is 17.4 Å². The molecule has 1 amide bonds. The van der Waals surface area contributed by atoms with Crippen LogP contribution < -0.4 is 14.8 Å². The quantitative estimate of drug-likeness (QED) is 0.769. The number of benzene rings is 2. The number of nitrogens with one attached hydrogen (secondary N) is 2. The Kier molecular flexibility index (Phi) is 6.27. The molecule has 2 aromatic carbocycles. The Morgan fingerprint density at radius 1 is 1.15 bits per heavy atom. The predicted molar refractivity (Wildman–Crippen MR) is 92.4 cm³/mol. The Bertz CT molecular complexity index is 886. The van der Waals surface area contributed by atoms with Crippen LogP contribution in [0.5, 0.6) is 5.75 Å². The maximum absolute atomic E-state index is 13.6. The summed E-state index contributed by atoms with van der Waals surface area (Å²) in [5.41, 5.74) is -0.373. The number of rotatable bonds is 7. The first-order chi connectivity index (χ1) is 12.2. The van der Waals surface area contributed by atoms with Crippen molar-refractivity contribution in [3.8, 4) is 5.75 Å². The summed E-state index contributed by atoms with van der Waals surface area (Å²) in [6.45, 7) is 3.53. The smallest absolute Gasteiger partial charge is 0.242 e. The van der Waals surface area contributed by atoms with Gasteiger partial charge in [-0.3, -0.25) is 4.79 Å². The molecule has 0 radical (unpaired) electrons. The van der Waals surface area contributed by atoms with Gasteiger partial charge >= 0.3 is 0 Å². The molecule has 2 N–H and O–H groups in total. The number of carbonyl (C=O) groups is 1. The molecule has 2 aromatic rings. The van der Waals surface area contributed by atoms with Crippen LogP contribution in [0.3, 0.4) is 0 Å². The number of anilines is 1. The molecule has 0 aliphatic carbocycles. The monoisotopic (exact) mass is 384 g/mol. The Morgan fingerprint density at radius 3 is 2.42 bits per heavy atom. The van der Waals surface area contributed by atoms with Crippen molar-refractivity contribution in [3.05, 3.63) is 54.1 Å². The molecule has 0 bridgehead atoms. The molecule has 0 aliphatic heterocycles. The number of sulfonamides is 1. The molecule has 0 saturated heterocycles. The summed E-state index contributed by atoms with van der Waals surface area (Å²) in [6, 6.07) is 7.02. The van der Waals surface area contributed by atoms with E-state index in [1.54, 1.807) is 6.92 Å². The van der Waals surface area contributed by atoms with Crippen LogP contribution in [0.4, 0.5) is 14.5 Å². The highest BCUT2D eigenvalue weighted by Gasteiger charge is 2.23. The number of amides is 1. The van der Waals surface area contributed by atoms with Crippen LogP contribution in [-0.4, -0.2) is 27.0 Å². The van der Waals surface area contributed by atoms with Gasteiger partial charge in [-0.2, -0.15) is 4.72 Å². The third kappa shape index (κ3) is 4.99. The lowest BCUT2D eigenvalue weighted by Gasteiger charge is -2.15. The summed E-state index contributed by atoms with van der Waals surface area (Å²) in [7, 11) is -3.98. The second-order valence-corrected chi connectivity index (χ2v) is 7.07. The van der Waals surface area contributed by atoms with E-state index in [1.165, 1.54) is 31.2 Å². The number of carbonyl (C=O) groups excluding carboxylic acids is 1. The molecular weight excluding hydrogens is 366 g/mol. The molecule has 1 atom stereocenters. The van der Waals surface area contributed by atoms with Crippen LogP contribution in [0.1, 0.15) is 13.8 Å². The normalized spacial score (nSPS) is 12.5. The van der Waals surface area contributed by atoms with Crippen molar-refractivity contribution in [2.24, 2.45) is 0 Å². The van der Waals surface area contributed by atoms with Gasteiger partial charge in [-0.15, -0.1) is 0 Å². The number of ether oxygens (including phenoxy) is 1. The first-order valence-corrected chi connectivity index (χ1v) is 9.22. The highest BCUT2D eigenvalue weighted by atomic mass is 32.2. The van der Waals surface area contributed by atoms with Crippen LogP contribution in [0.2, 0.25) is 0 Å². The maximum Gasteiger partial charge on any atom is 0.242 e. The van der Waals surface area contributed by atoms with Crippen LogP contribution in [0.25, 0.3) is 0 Å². The summed E-state index contributed by atoms with van der Waals surface area (Å²) in [4.78, 5) is 12.0. The van der Waals surface area contributed by atoms with Gasteiger partial charge in [0.05, 0.1) is 23.2 Å². The third-order valence-electron chi connectivity index (χ3n) is 3.36. The molecule has 0 unspecified atom stereocenters. The average molecular weight is 384 g/mol. The van der Waals surface area contributed by atoms with E-state index in [9.17, 15) is 22.0 Å². The van der Waals surface area contributed by atoms with Gasteiger partial charge in [0, 0.05) is 6.07 Å². The van der Waals surface area contributed by atoms with Crippen molar-refractivity contribution >= 4 is 21.6 Å². The zero-order chi connectivity index (χ0) is 19.3. The fourth-order valence-corrected chi connectivity index (χ4v) is 3.27. The number of halogens is 2. The van der Waals surface area contributed by atoms with Crippen molar-refractivity contribution in [3.63, 3.8) is 0 Å². The van der Waals surface area contributed by atoms with E-state index in [4.69, 9.17) is 4.74 Å². The first kappa shape index (κ1) is 19.8. The Balaban J connectivity index is 2.08. The fourth-order valence-electron chi connectivity index (χ4n) is 2.07. The third-order valence-corrected chi connectivity index (χ3v) is 4.91. The molecule has 0 fully saturated rings. The zero-order valence-electron chi connectivity index (χ0n) is 14.1. The Labute approximate surface area is 150 Å². The zero-order valence-corrected chi connectivity index (χ0v) is 14.9. The van der Waals surface area contributed by atoms with Gasteiger partial charge in [-0.25, -0.2) is 17.2 Å². The van der Waals surface area contributed by atoms with Crippen LogP contribution in [0, 0.1) is 11.6 Å².